The number of hydrogen-bond acceptors (Lipinski definition) is 6. The van der Waals surface area contributed by atoms with Crippen molar-refractivity contribution in [3.8, 4) is 5.75 Å². The Bertz CT molecular complexity index is 1100. The smallest absolute Gasteiger partial charge is 0.341 e. The minimum Gasteiger partial charge on any atom is -0.508 e. The van der Waals surface area contributed by atoms with Gasteiger partial charge in [0.1, 0.15) is 12.4 Å². The van der Waals surface area contributed by atoms with Gasteiger partial charge in [-0.2, -0.15) is 0 Å². The summed E-state index contributed by atoms with van der Waals surface area (Å²) in [6.45, 7) is 8.30. The number of phenolic OH excluding ortho intramolecular Hbond substituents is 1. The minimum absolute atomic E-state index is 0.0234. The van der Waals surface area contributed by atoms with Crippen molar-refractivity contribution >= 4 is 26.2 Å². The van der Waals surface area contributed by atoms with Crippen LogP contribution in [0.5, 0.6) is 5.75 Å². The van der Waals surface area contributed by atoms with Crippen LogP contribution in [0, 0.1) is 0 Å². The van der Waals surface area contributed by atoms with Gasteiger partial charge >= 0.3 is 13.6 Å². The van der Waals surface area contributed by atoms with Gasteiger partial charge in [0.05, 0.1) is 13.0 Å². The second kappa shape index (κ2) is 11.4. The van der Waals surface area contributed by atoms with Crippen molar-refractivity contribution < 1.29 is 38.1 Å². The zero-order valence-corrected chi connectivity index (χ0v) is 22.7. The Morgan fingerprint density at radius 3 is 2.09 bits per heavy atom. The summed E-state index contributed by atoms with van der Waals surface area (Å²) in [6, 6.07) is 13.4. The van der Waals surface area contributed by atoms with Crippen LogP contribution in [0.3, 0.4) is 0 Å². The summed E-state index contributed by atoms with van der Waals surface area (Å²) in [7, 11) is -9.00. The fourth-order valence-electron chi connectivity index (χ4n) is 4.36. The minimum atomic E-state index is -4.88. The molecule has 0 saturated carbocycles. The lowest BCUT2D eigenvalue weighted by molar-refractivity contribution is -0.146. The van der Waals surface area contributed by atoms with Crippen LogP contribution in [0.2, 0.25) is 0 Å². The van der Waals surface area contributed by atoms with Crippen molar-refractivity contribution in [3.05, 3.63) is 59.7 Å². The third-order valence-corrected chi connectivity index (χ3v) is 13.0. The molecule has 0 amide bonds. The lowest BCUT2D eigenvalue weighted by Gasteiger charge is -2.39. The van der Waals surface area contributed by atoms with E-state index in [0.717, 1.165) is 5.56 Å². The van der Waals surface area contributed by atoms with Crippen LogP contribution >= 0.6 is 15.0 Å². The third-order valence-electron chi connectivity index (χ3n) is 6.41. The molecule has 8 nitrogen and oxygen atoms in total. The first-order chi connectivity index (χ1) is 16.3. The highest BCUT2D eigenvalue weighted by Crippen LogP contribution is 2.75. The molecular weight excluding hydrogens is 490 g/mol. The Labute approximate surface area is 207 Å². The number of hydrogen-bond donors (Lipinski definition) is 3. The van der Waals surface area contributed by atoms with Gasteiger partial charge in [-0.15, -0.1) is 0 Å². The molecular formula is C25H36O8P2. The molecule has 0 saturated heterocycles. The number of carbonyl (C=O) groups excluding carboxylic acids is 1. The second-order valence-corrected chi connectivity index (χ2v) is 14.1. The van der Waals surface area contributed by atoms with E-state index in [1.807, 2.05) is 30.3 Å². The normalized spacial score (nSPS) is 14.4. The van der Waals surface area contributed by atoms with Crippen LogP contribution in [-0.2, 0) is 35.2 Å². The van der Waals surface area contributed by atoms with Crippen molar-refractivity contribution in [2.24, 2.45) is 0 Å². The Morgan fingerprint density at radius 2 is 1.57 bits per heavy atom. The highest BCUT2D eigenvalue weighted by atomic mass is 31.2. The number of esters is 1. The van der Waals surface area contributed by atoms with E-state index in [9.17, 15) is 28.8 Å². The number of phenols is 1. The Morgan fingerprint density at radius 1 is 0.971 bits per heavy atom. The zero-order valence-electron chi connectivity index (χ0n) is 20.9. The van der Waals surface area contributed by atoms with Crippen molar-refractivity contribution in [2.75, 3.05) is 6.61 Å². The lowest BCUT2D eigenvalue weighted by Crippen LogP contribution is -2.34. The van der Waals surface area contributed by atoms with Gasteiger partial charge in [-0.05, 0) is 43.5 Å². The first-order valence-corrected chi connectivity index (χ1v) is 14.9. The maximum absolute atomic E-state index is 14.3. The van der Waals surface area contributed by atoms with Crippen molar-refractivity contribution in [1.82, 2.24) is 0 Å². The van der Waals surface area contributed by atoms with Gasteiger partial charge in [-0.3, -0.25) is 13.9 Å². The molecule has 0 aliphatic heterocycles. The van der Waals surface area contributed by atoms with E-state index in [2.05, 4.69) is 0 Å². The average molecular weight is 527 g/mol. The van der Waals surface area contributed by atoms with Gasteiger partial charge in [0.15, 0.2) is 4.90 Å². The molecule has 0 spiro atoms. The van der Waals surface area contributed by atoms with Gasteiger partial charge in [0.2, 0.25) is 7.37 Å². The molecule has 0 aliphatic rings. The van der Waals surface area contributed by atoms with Gasteiger partial charge in [0.25, 0.3) is 0 Å². The van der Waals surface area contributed by atoms with Crippen LogP contribution < -0.4 is 5.30 Å². The summed E-state index contributed by atoms with van der Waals surface area (Å²) in [4.78, 5) is 31.2. The molecule has 194 valence electrons. The highest BCUT2D eigenvalue weighted by Gasteiger charge is 2.59. The molecule has 3 N–H and O–H groups in total. The molecule has 35 heavy (non-hydrogen) atoms. The second-order valence-electron chi connectivity index (χ2n) is 9.11. The summed E-state index contributed by atoms with van der Waals surface area (Å²) in [6.07, 6.45) is -0.228. The van der Waals surface area contributed by atoms with Crippen LogP contribution in [0.25, 0.3) is 0 Å². The van der Waals surface area contributed by atoms with Crippen LogP contribution in [0.15, 0.2) is 48.5 Å². The predicted molar refractivity (Wildman–Crippen MR) is 136 cm³/mol. The number of benzene rings is 2. The lowest BCUT2D eigenvalue weighted by atomic mass is 9.81. The molecule has 0 heterocycles. The maximum Gasteiger partial charge on any atom is 0.341 e. The largest absolute Gasteiger partial charge is 0.508 e. The number of rotatable bonds is 12. The molecule has 0 aliphatic carbocycles. The topological polar surface area (TPSA) is 130 Å². The van der Waals surface area contributed by atoms with E-state index in [1.165, 1.54) is 18.2 Å². The van der Waals surface area contributed by atoms with E-state index in [4.69, 9.17) is 9.26 Å². The third kappa shape index (κ3) is 6.07. The first kappa shape index (κ1) is 29.3. The van der Waals surface area contributed by atoms with Crippen molar-refractivity contribution in [2.45, 2.75) is 70.8 Å². The van der Waals surface area contributed by atoms with E-state index in [0.29, 0.717) is 5.56 Å². The summed E-state index contributed by atoms with van der Waals surface area (Å²) in [5.41, 5.74) is 0.209. The molecule has 1 atom stereocenters. The zero-order chi connectivity index (χ0) is 26.5. The van der Waals surface area contributed by atoms with Gasteiger partial charge in [-0.25, -0.2) is 0 Å². The van der Waals surface area contributed by atoms with Gasteiger partial charge < -0.3 is 24.2 Å². The Balaban J connectivity index is 2.46. The molecule has 10 heteroatoms. The van der Waals surface area contributed by atoms with E-state index < -0.39 is 31.2 Å². The summed E-state index contributed by atoms with van der Waals surface area (Å²) in [5, 5.41) is 10.7. The fourth-order valence-corrected chi connectivity index (χ4v) is 9.71. The summed E-state index contributed by atoms with van der Waals surface area (Å²) < 4.78 is 38.0. The van der Waals surface area contributed by atoms with E-state index in [-0.39, 0.29) is 43.5 Å². The molecule has 2 aromatic carbocycles. The first-order valence-electron chi connectivity index (χ1n) is 11.6. The molecule has 1 unspecified atom stereocenters. The van der Waals surface area contributed by atoms with Crippen LogP contribution in [0.1, 0.15) is 65.0 Å². The SMILES string of the molecule is CCOP(=O)(c1ccc(O)c(C(C)(C)CC(=O)OCc2ccccc2)c1)C(CC)(CC)P(=O)(O)O. The van der Waals surface area contributed by atoms with Crippen molar-refractivity contribution in [3.63, 3.8) is 0 Å². The number of ether oxygens (including phenoxy) is 1. The van der Waals surface area contributed by atoms with E-state index in [1.54, 1.807) is 34.6 Å². The molecule has 2 aromatic rings. The molecule has 0 radical (unpaired) electrons. The fraction of sp³-hybridized carbons (Fsp3) is 0.480. The molecule has 0 aromatic heterocycles. The van der Waals surface area contributed by atoms with Crippen LogP contribution in [0.4, 0.5) is 0 Å². The summed E-state index contributed by atoms with van der Waals surface area (Å²) >= 11 is 0. The standard InChI is InChI=1S/C25H36O8P2/c1-6-25(7-2,35(29,30)31)34(28,33-8-3)20-14-15-22(26)21(16-20)24(4,5)17-23(27)32-18-19-12-10-9-11-13-19/h9-16,26H,6-8,17-18H2,1-5H3,(H2,29,30,31). The van der Waals surface area contributed by atoms with Gasteiger partial charge in [-0.1, -0.05) is 58.0 Å². The predicted octanol–water partition coefficient (Wildman–Crippen LogP) is 5.44. The maximum atomic E-state index is 14.3. The average Bonchev–Trinajstić information content (AvgIpc) is 2.78. The van der Waals surface area contributed by atoms with E-state index >= 15 is 0 Å². The highest BCUT2D eigenvalue weighted by molar-refractivity contribution is 7.80. The number of carbonyl (C=O) groups is 1. The van der Waals surface area contributed by atoms with Gasteiger partial charge in [0, 0.05) is 16.3 Å². The summed E-state index contributed by atoms with van der Waals surface area (Å²) in [5.74, 6) is -0.615. The Kier molecular flexibility index (Phi) is 9.54. The quantitative estimate of drug-likeness (QED) is 0.246. The molecule has 0 bridgehead atoms. The molecule has 2 rings (SSSR count). The monoisotopic (exact) mass is 526 g/mol. The van der Waals surface area contributed by atoms with Crippen molar-refractivity contribution in [1.29, 1.82) is 0 Å². The number of aromatic hydroxyl groups is 1. The molecule has 0 fully saturated rings. The Hall–Kier alpha value is -1.95. The van der Waals surface area contributed by atoms with Crippen LogP contribution in [-0.4, -0.2) is 32.4 Å².